The highest BCUT2D eigenvalue weighted by molar-refractivity contribution is 6.19. The van der Waals surface area contributed by atoms with Gasteiger partial charge in [0, 0.05) is 11.4 Å². The summed E-state index contributed by atoms with van der Waals surface area (Å²) in [6, 6.07) is 23.3. The number of amides is 1. The Morgan fingerprint density at radius 1 is 0.860 bits per heavy atom. The van der Waals surface area contributed by atoms with Gasteiger partial charge >= 0.3 is 0 Å². The number of carbonyl (C=O) groups excluding carboxylic acids is 3. The van der Waals surface area contributed by atoms with E-state index in [1.165, 1.54) is 32.4 Å². The number of ketones is 2. The number of rotatable bonds is 6. The highest BCUT2D eigenvalue weighted by Crippen LogP contribution is 2.58. The van der Waals surface area contributed by atoms with Gasteiger partial charge in [-0.25, -0.2) is 4.39 Å². The average molecular weight is 575 g/mol. The first-order valence-corrected chi connectivity index (χ1v) is 13.9. The summed E-state index contributed by atoms with van der Waals surface area (Å²) in [5.74, 6) is -2.79. The van der Waals surface area contributed by atoms with Crippen LogP contribution in [0.15, 0.2) is 97.1 Å². The van der Waals surface area contributed by atoms with Gasteiger partial charge in [-0.15, -0.1) is 0 Å². The molecule has 0 unspecified atom stereocenters. The lowest BCUT2D eigenvalue weighted by Crippen LogP contribution is -2.51. The van der Waals surface area contributed by atoms with Crippen molar-refractivity contribution >= 4 is 34.9 Å². The van der Waals surface area contributed by atoms with Crippen molar-refractivity contribution < 1.29 is 28.2 Å². The summed E-state index contributed by atoms with van der Waals surface area (Å²) in [6.07, 6.45) is 3.79. The molecule has 3 aliphatic rings. The van der Waals surface area contributed by atoms with E-state index in [1.54, 1.807) is 36.4 Å². The summed E-state index contributed by atoms with van der Waals surface area (Å²) in [7, 11) is 2.94. The minimum Gasteiger partial charge on any atom is -0.497 e. The molecular weight excluding hydrogens is 547 g/mol. The smallest absolute Gasteiger partial charge is 0.238 e. The number of nitrogens with zero attached hydrogens (tertiary/aromatic N) is 1. The Morgan fingerprint density at radius 2 is 1.60 bits per heavy atom. The molecule has 7 rings (SSSR count). The first-order chi connectivity index (χ1) is 20.9. The Hall–Kier alpha value is -5.24. The molecule has 0 saturated carbocycles. The molecule has 0 aliphatic carbocycles. The first kappa shape index (κ1) is 26.6. The van der Waals surface area contributed by atoms with E-state index in [-0.39, 0.29) is 16.9 Å². The lowest BCUT2D eigenvalue weighted by atomic mass is 9.64. The number of halogens is 1. The maximum Gasteiger partial charge on any atom is 0.238 e. The molecule has 3 heterocycles. The minimum absolute atomic E-state index is 0.155. The van der Waals surface area contributed by atoms with E-state index >= 15 is 9.18 Å². The molecule has 1 spiro atoms. The van der Waals surface area contributed by atoms with Crippen molar-refractivity contribution in [1.82, 2.24) is 0 Å². The number of hydrogen-bond donors (Lipinski definition) is 1. The average Bonchev–Trinajstić information content (AvgIpc) is 3.52. The first-order valence-electron chi connectivity index (χ1n) is 13.9. The van der Waals surface area contributed by atoms with E-state index < -0.39 is 46.7 Å². The predicted octanol–water partition coefficient (Wildman–Crippen LogP) is 5.70. The fraction of sp³-hybridized carbons (Fsp3) is 0.171. The van der Waals surface area contributed by atoms with Crippen LogP contribution in [-0.2, 0) is 10.2 Å². The van der Waals surface area contributed by atoms with Crippen LogP contribution < -0.4 is 19.7 Å². The molecule has 7 nitrogen and oxygen atoms in total. The summed E-state index contributed by atoms with van der Waals surface area (Å²) >= 11 is 0. The van der Waals surface area contributed by atoms with E-state index in [0.29, 0.717) is 22.7 Å². The van der Waals surface area contributed by atoms with Crippen molar-refractivity contribution in [2.75, 3.05) is 24.4 Å². The molecule has 1 amide bonds. The van der Waals surface area contributed by atoms with Crippen LogP contribution in [0.2, 0.25) is 0 Å². The number of anilines is 2. The van der Waals surface area contributed by atoms with Gasteiger partial charge in [-0.2, -0.15) is 0 Å². The van der Waals surface area contributed by atoms with Crippen molar-refractivity contribution in [1.29, 1.82) is 0 Å². The zero-order valence-corrected chi connectivity index (χ0v) is 23.4. The second-order valence-electron chi connectivity index (χ2n) is 10.8. The summed E-state index contributed by atoms with van der Waals surface area (Å²) in [4.78, 5) is 46.0. The zero-order chi connectivity index (χ0) is 29.9. The van der Waals surface area contributed by atoms with Crippen LogP contribution in [0, 0.1) is 11.7 Å². The van der Waals surface area contributed by atoms with Crippen molar-refractivity contribution in [2.24, 2.45) is 5.92 Å². The van der Waals surface area contributed by atoms with Crippen molar-refractivity contribution in [3.63, 3.8) is 0 Å². The second kappa shape index (κ2) is 9.94. The van der Waals surface area contributed by atoms with E-state index in [9.17, 15) is 9.59 Å². The van der Waals surface area contributed by atoms with E-state index in [0.717, 1.165) is 5.56 Å². The topological polar surface area (TPSA) is 84.9 Å². The molecule has 4 atom stereocenters. The lowest BCUT2D eigenvalue weighted by molar-refractivity contribution is -0.121. The van der Waals surface area contributed by atoms with Gasteiger partial charge < -0.3 is 19.7 Å². The number of Topliss-reactive ketones (excluding diaryl/α,β-unsaturated/α-hetero) is 2. The molecule has 1 fully saturated rings. The highest BCUT2D eigenvalue weighted by Gasteiger charge is 2.70. The van der Waals surface area contributed by atoms with Gasteiger partial charge in [0.25, 0.3) is 0 Å². The van der Waals surface area contributed by atoms with Gasteiger partial charge in [-0.3, -0.25) is 14.4 Å². The van der Waals surface area contributed by atoms with Gasteiger partial charge in [0.2, 0.25) is 5.91 Å². The van der Waals surface area contributed by atoms with Gasteiger partial charge in [-0.1, -0.05) is 60.7 Å². The minimum atomic E-state index is -1.53. The number of nitrogens with one attached hydrogen (secondary N) is 1. The van der Waals surface area contributed by atoms with Crippen molar-refractivity contribution in [3.05, 3.63) is 125 Å². The van der Waals surface area contributed by atoms with E-state index in [1.807, 2.05) is 53.5 Å². The second-order valence-corrected chi connectivity index (χ2v) is 10.8. The molecule has 0 radical (unpaired) electrons. The number of hydrogen-bond acceptors (Lipinski definition) is 6. The Kier molecular flexibility index (Phi) is 6.16. The third-order valence-corrected chi connectivity index (χ3v) is 8.90. The Balaban J connectivity index is 1.56. The Morgan fingerprint density at radius 3 is 2.40 bits per heavy atom. The largest absolute Gasteiger partial charge is 0.497 e. The zero-order valence-electron chi connectivity index (χ0n) is 23.4. The number of ether oxygens (including phenoxy) is 2. The molecular formula is C35H27FN2O5. The normalized spacial score (nSPS) is 22.9. The standard InChI is InChI=1S/C35H27FN2O5/c1-42-21-16-17-28(43-2)23(19-21)32(39)30-31(33(40)22-10-4-6-12-25(22)36)38-27-14-8-3-9-20(27)15-18-29(38)35(30)24-11-5-7-13-26(24)37-34(35)41/h3-19,29-31H,1-2H3,(H,37,41)/t29-,30-,31-,35+/m1/s1. The van der Waals surface area contributed by atoms with Crippen LogP contribution in [-0.4, -0.2) is 43.8 Å². The third kappa shape index (κ3) is 3.69. The molecule has 43 heavy (non-hydrogen) atoms. The summed E-state index contributed by atoms with van der Waals surface area (Å²) < 4.78 is 26.3. The van der Waals surface area contributed by atoms with E-state index in [4.69, 9.17) is 9.47 Å². The predicted molar refractivity (Wildman–Crippen MR) is 160 cm³/mol. The van der Waals surface area contributed by atoms with Crippen LogP contribution >= 0.6 is 0 Å². The fourth-order valence-corrected chi connectivity index (χ4v) is 7.11. The summed E-state index contributed by atoms with van der Waals surface area (Å²) in [5.41, 5.74) is 1.13. The van der Waals surface area contributed by atoms with Crippen LogP contribution in [0.5, 0.6) is 11.5 Å². The molecule has 1 N–H and O–H groups in total. The van der Waals surface area contributed by atoms with Crippen LogP contribution in [0.3, 0.4) is 0 Å². The summed E-state index contributed by atoms with van der Waals surface area (Å²) in [5, 5.41) is 2.99. The molecule has 8 heteroatoms. The number of methoxy groups -OCH3 is 2. The maximum atomic E-state index is 15.3. The van der Waals surface area contributed by atoms with Crippen LogP contribution in [0.25, 0.3) is 6.08 Å². The summed E-state index contributed by atoms with van der Waals surface area (Å²) in [6.45, 7) is 0. The Bertz CT molecular complexity index is 1850. The third-order valence-electron chi connectivity index (χ3n) is 8.90. The SMILES string of the molecule is COc1ccc(OC)c(C(=O)[C@H]2[C@H](C(=O)c3ccccc3F)N3c4ccccc4C=C[C@@H]3[C@]23C(=O)Nc2ccccc23)c1. The molecule has 1 saturated heterocycles. The van der Waals surface area contributed by atoms with Crippen LogP contribution in [0.1, 0.15) is 31.8 Å². The molecule has 3 aliphatic heterocycles. The maximum absolute atomic E-state index is 15.3. The number of carbonyl (C=O) groups is 3. The highest BCUT2D eigenvalue weighted by atomic mass is 19.1. The van der Waals surface area contributed by atoms with Crippen molar-refractivity contribution in [2.45, 2.75) is 17.5 Å². The monoisotopic (exact) mass is 574 g/mol. The quantitative estimate of drug-likeness (QED) is 0.298. The molecule has 4 aromatic carbocycles. The van der Waals surface area contributed by atoms with Gasteiger partial charge in [0.1, 0.15) is 28.8 Å². The molecule has 0 aromatic heterocycles. The fourth-order valence-electron chi connectivity index (χ4n) is 7.11. The van der Waals surface area contributed by atoms with Crippen molar-refractivity contribution in [3.8, 4) is 11.5 Å². The lowest BCUT2D eigenvalue weighted by Gasteiger charge is -2.37. The number of benzene rings is 4. The molecule has 4 aromatic rings. The molecule has 0 bridgehead atoms. The van der Waals surface area contributed by atoms with Gasteiger partial charge in [0.05, 0.1) is 37.3 Å². The number of fused-ring (bicyclic) bond motifs is 6. The van der Waals surface area contributed by atoms with E-state index in [2.05, 4.69) is 5.32 Å². The molecule has 214 valence electrons. The van der Waals surface area contributed by atoms with Gasteiger partial charge in [-0.05, 0) is 53.6 Å². The van der Waals surface area contributed by atoms with Gasteiger partial charge in [0.15, 0.2) is 11.6 Å². The van der Waals surface area contributed by atoms with Crippen LogP contribution in [0.4, 0.5) is 15.8 Å². The Labute approximate surface area is 247 Å². The number of para-hydroxylation sites is 2.